The van der Waals surface area contributed by atoms with Gasteiger partial charge < -0.3 is 9.84 Å². The fraction of sp³-hybridized carbons (Fsp3) is 0.385. The van der Waals surface area contributed by atoms with Crippen LogP contribution >= 0.6 is 11.6 Å². The van der Waals surface area contributed by atoms with Crippen molar-refractivity contribution in [3.8, 4) is 17.0 Å². The SMILES string of the molecule is OCC1CCN(Cc2ccc(OCCCc3ccc(-c4ccc(Cl)cc4)nn3)cc2)CC1. The number of piperidine rings is 1. The molecule has 1 saturated heterocycles. The molecule has 0 spiro atoms. The van der Waals surface area contributed by atoms with Gasteiger partial charge in [-0.2, -0.15) is 10.2 Å². The van der Waals surface area contributed by atoms with Crippen LogP contribution in [0.25, 0.3) is 11.3 Å². The lowest BCUT2D eigenvalue weighted by atomic mass is 9.97. The summed E-state index contributed by atoms with van der Waals surface area (Å²) < 4.78 is 5.90. The van der Waals surface area contributed by atoms with E-state index in [4.69, 9.17) is 16.3 Å². The number of rotatable bonds is 9. The lowest BCUT2D eigenvalue weighted by Crippen LogP contribution is -2.34. The van der Waals surface area contributed by atoms with Crippen LogP contribution in [0.1, 0.15) is 30.5 Å². The van der Waals surface area contributed by atoms with Gasteiger partial charge in [-0.15, -0.1) is 0 Å². The lowest BCUT2D eigenvalue weighted by Gasteiger charge is -2.31. The van der Waals surface area contributed by atoms with Crippen molar-refractivity contribution < 1.29 is 9.84 Å². The maximum atomic E-state index is 9.27. The van der Waals surface area contributed by atoms with E-state index in [-0.39, 0.29) is 0 Å². The molecule has 6 heteroatoms. The third kappa shape index (κ3) is 6.52. The second-order valence-electron chi connectivity index (χ2n) is 8.41. The Hall–Kier alpha value is -2.47. The van der Waals surface area contributed by atoms with Gasteiger partial charge in [0.2, 0.25) is 0 Å². The predicted molar refractivity (Wildman–Crippen MR) is 128 cm³/mol. The summed E-state index contributed by atoms with van der Waals surface area (Å²) in [4.78, 5) is 2.46. The molecule has 1 aromatic heterocycles. The Morgan fingerprint density at radius 3 is 2.34 bits per heavy atom. The Morgan fingerprint density at radius 1 is 0.938 bits per heavy atom. The van der Waals surface area contributed by atoms with Crippen molar-refractivity contribution in [2.75, 3.05) is 26.3 Å². The van der Waals surface area contributed by atoms with Gasteiger partial charge in [-0.05, 0) is 86.7 Å². The van der Waals surface area contributed by atoms with Gasteiger partial charge in [0, 0.05) is 23.7 Å². The number of benzene rings is 2. The summed E-state index contributed by atoms with van der Waals surface area (Å²) in [7, 11) is 0. The van der Waals surface area contributed by atoms with Gasteiger partial charge in [-0.3, -0.25) is 4.90 Å². The first kappa shape index (κ1) is 22.7. The minimum atomic E-state index is 0.321. The number of aliphatic hydroxyl groups is 1. The summed E-state index contributed by atoms with van der Waals surface area (Å²) in [6.07, 6.45) is 3.89. The molecule has 0 amide bonds. The number of hydrogen-bond acceptors (Lipinski definition) is 5. The van der Waals surface area contributed by atoms with Gasteiger partial charge in [0.1, 0.15) is 5.75 Å². The zero-order valence-corrected chi connectivity index (χ0v) is 19.0. The zero-order valence-electron chi connectivity index (χ0n) is 18.3. The molecule has 1 N–H and O–H groups in total. The van der Waals surface area contributed by atoms with Crippen molar-refractivity contribution in [3.05, 3.63) is 76.9 Å². The molecule has 0 atom stereocenters. The lowest BCUT2D eigenvalue weighted by molar-refractivity contribution is 0.127. The maximum absolute atomic E-state index is 9.27. The zero-order chi connectivity index (χ0) is 22.2. The highest BCUT2D eigenvalue weighted by Gasteiger charge is 2.18. The molecular weight excluding hydrogens is 422 g/mol. The molecule has 0 bridgehead atoms. The number of likely N-dealkylation sites (tertiary alicyclic amines) is 1. The molecule has 0 saturated carbocycles. The summed E-state index contributed by atoms with van der Waals surface area (Å²) in [5.41, 5.74) is 4.12. The number of hydrogen-bond donors (Lipinski definition) is 1. The van der Waals surface area contributed by atoms with E-state index in [1.807, 2.05) is 36.4 Å². The number of ether oxygens (including phenoxy) is 1. The quantitative estimate of drug-likeness (QED) is 0.463. The first-order chi connectivity index (χ1) is 15.7. The minimum Gasteiger partial charge on any atom is -0.494 e. The number of halogens is 1. The highest BCUT2D eigenvalue weighted by Crippen LogP contribution is 2.21. The number of aliphatic hydroxyl groups excluding tert-OH is 1. The molecular formula is C26H30ClN3O2. The monoisotopic (exact) mass is 451 g/mol. The topological polar surface area (TPSA) is 58.5 Å². The molecule has 4 rings (SSSR count). The van der Waals surface area contributed by atoms with E-state index in [1.165, 1.54) is 5.56 Å². The molecule has 1 aliphatic rings. The molecule has 0 unspecified atom stereocenters. The number of nitrogens with zero attached hydrogens (tertiary/aromatic N) is 3. The van der Waals surface area contributed by atoms with Crippen LogP contribution in [0.2, 0.25) is 5.02 Å². The minimum absolute atomic E-state index is 0.321. The van der Waals surface area contributed by atoms with Crippen LogP contribution in [-0.4, -0.2) is 46.5 Å². The molecule has 3 aromatic rings. The molecule has 1 fully saturated rings. The van der Waals surface area contributed by atoms with Gasteiger partial charge in [-0.25, -0.2) is 0 Å². The fourth-order valence-corrected chi connectivity index (χ4v) is 4.11. The highest BCUT2D eigenvalue weighted by molar-refractivity contribution is 6.30. The Bertz CT molecular complexity index is 954. The molecule has 2 aromatic carbocycles. The number of aryl methyl sites for hydroxylation is 1. The fourth-order valence-electron chi connectivity index (χ4n) is 3.99. The van der Waals surface area contributed by atoms with E-state index in [1.54, 1.807) is 0 Å². The smallest absolute Gasteiger partial charge is 0.119 e. The third-order valence-corrected chi connectivity index (χ3v) is 6.25. The summed E-state index contributed by atoms with van der Waals surface area (Å²) in [6, 6.07) is 20.0. The molecule has 0 aliphatic carbocycles. The highest BCUT2D eigenvalue weighted by atomic mass is 35.5. The van der Waals surface area contributed by atoms with Crippen LogP contribution < -0.4 is 4.74 Å². The van der Waals surface area contributed by atoms with Crippen molar-refractivity contribution in [2.45, 2.75) is 32.2 Å². The van der Waals surface area contributed by atoms with Crippen molar-refractivity contribution in [1.82, 2.24) is 15.1 Å². The van der Waals surface area contributed by atoms with E-state index >= 15 is 0 Å². The van der Waals surface area contributed by atoms with Gasteiger partial charge >= 0.3 is 0 Å². The first-order valence-electron chi connectivity index (χ1n) is 11.3. The summed E-state index contributed by atoms with van der Waals surface area (Å²) in [6.45, 7) is 4.05. The molecule has 2 heterocycles. The molecule has 5 nitrogen and oxygen atoms in total. The maximum Gasteiger partial charge on any atom is 0.119 e. The van der Waals surface area contributed by atoms with Crippen LogP contribution in [0.15, 0.2) is 60.7 Å². The first-order valence-corrected chi connectivity index (χ1v) is 11.7. The van der Waals surface area contributed by atoms with E-state index in [0.29, 0.717) is 24.2 Å². The Morgan fingerprint density at radius 2 is 1.69 bits per heavy atom. The standard InChI is InChI=1S/C26H30ClN3O2/c27-23-7-5-22(6-8-23)26-12-9-24(28-29-26)2-1-17-32-25-10-3-20(4-11-25)18-30-15-13-21(19-31)14-16-30/h3-12,21,31H,1-2,13-19H2. The van der Waals surface area contributed by atoms with E-state index in [2.05, 4.69) is 39.4 Å². The average Bonchev–Trinajstić information content (AvgIpc) is 2.84. The van der Waals surface area contributed by atoms with Crippen molar-refractivity contribution in [3.63, 3.8) is 0 Å². The van der Waals surface area contributed by atoms with Crippen LogP contribution in [0, 0.1) is 5.92 Å². The van der Waals surface area contributed by atoms with Crippen molar-refractivity contribution in [1.29, 1.82) is 0 Å². The molecule has 1 aliphatic heterocycles. The van der Waals surface area contributed by atoms with Crippen molar-refractivity contribution in [2.24, 2.45) is 5.92 Å². The Balaban J connectivity index is 1.17. The Kier molecular flexibility index (Phi) is 8.10. The van der Waals surface area contributed by atoms with Crippen LogP contribution in [-0.2, 0) is 13.0 Å². The van der Waals surface area contributed by atoms with E-state index in [9.17, 15) is 5.11 Å². The van der Waals surface area contributed by atoms with E-state index < -0.39 is 0 Å². The molecule has 32 heavy (non-hydrogen) atoms. The summed E-state index contributed by atoms with van der Waals surface area (Å²) in [5.74, 6) is 1.38. The van der Waals surface area contributed by atoms with Crippen molar-refractivity contribution >= 4 is 11.6 Å². The summed E-state index contributed by atoms with van der Waals surface area (Å²) >= 11 is 5.94. The third-order valence-electron chi connectivity index (χ3n) is 6.00. The predicted octanol–water partition coefficient (Wildman–Crippen LogP) is 5.01. The number of aromatic nitrogens is 2. The second kappa shape index (κ2) is 11.4. The van der Waals surface area contributed by atoms with Gasteiger partial charge in [0.25, 0.3) is 0 Å². The average molecular weight is 452 g/mol. The summed E-state index contributed by atoms with van der Waals surface area (Å²) in [5, 5.41) is 18.7. The Labute approximate surface area is 195 Å². The molecule has 168 valence electrons. The van der Waals surface area contributed by atoms with Crippen LogP contribution in [0.3, 0.4) is 0 Å². The van der Waals surface area contributed by atoms with Gasteiger partial charge in [0.05, 0.1) is 18.0 Å². The second-order valence-corrected chi connectivity index (χ2v) is 8.85. The largest absolute Gasteiger partial charge is 0.494 e. The molecule has 0 radical (unpaired) electrons. The van der Waals surface area contributed by atoms with Gasteiger partial charge in [0.15, 0.2) is 0 Å². The van der Waals surface area contributed by atoms with E-state index in [0.717, 1.165) is 68.0 Å². The van der Waals surface area contributed by atoms with Crippen LogP contribution in [0.5, 0.6) is 5.75 Å². The van der Waals surface area contributed by atoms with Crippen LogP contribution in [0.4, 0.5) is 0 Å². The normalized spacial score (nSPS) is 15.1. The van der Waals surface area contributed by atoms with Gasteiger partial charge in [-0.1, -0.05) is 35.9 Å².